The predicted octanol–water partition coefficient (Wildman–Crippen LogP) is 4.69. The second kappa shape index (κ2) is 4.85. The molecule has 1 aromatic carbocycles. The minimum Gasteiger partial charge on any atom is -0.122 e. The monoisotopic (exact) mass is 330 g/mol. The first-order valence-electron chi connectivity index (χ1n) is 3.27. The quantitative estimate of drug-likeness (QED) is 0.689. The van der Waals surface area contributed by atoms with E-state index in [0.29, 0.717) is 11.8 Å². The minimum atomic E-state index is 0.502. The fourth-order valence-corrected chi connectivity index (χ4v) is 2.66. The average Bonchev–Trinajstić information content (AvgIpc) is 2.08. The highest BCUT2D eigenvalue weighted by atomic mass is 79.9. The fourth-order valence-electron chi connectivity index (χ4n) is 0.834. The van der Waals surface area contributed by atoms with E-state index < -0.39 is 0 Å². The molecule has 1 rings (SSSR count). The molecule has 1 aromatic rings. The van der Waals surface area contributed by atoms with Gasteiger partial charge in [0.1, 0.15) is 0 Å². The van der Waals surface area contributed by atoms with Gasteiger partial charge < -0.3 is 0 Å². The van der Waals surface area contributed by atoms with E-state index in [4.69, 9.17) is 23.2 Å². The van der Waals surface area contributed by atoms with Gasteiger partial charge in [-0.15, -0.1) is 23.2 Å². The van der Waals surface area contributed by atoms with E-state index >= 15 is 0 Å². The first-order valence-corrected chi connectivity index (χ1v) is 5.93. The lowest BCUT2D eigenvalue weighted by molar-refractivity contribution is 1.28. The van der Waals surface area contributed by atoms with Gasteiger partial charge in [0.05, 0.1) is 0 Å². The summed E-state index contributed by atoms with van der Waals surface area (Å²) in [6, 6.07) is 3.96. The third-order valence-electron chi connectivity index (χ3n) is 1.50. The summed E-state index contributed by atoms with van der Waals surface area (Å²) < 4.78 is 2.02. The van der Waals surface area contributed by atoms with Crippen LogP contribution in [-0.4, -0.2) is 0 Å². The van der Waals surface area contributed by atoms with Crippen LogP contribution in [0.2, 0.25) is 0 Å². The van der Waals surface area contributed by atoms with Crippen molar-refractivity contribution in [1.29, 1.82) is 0 Å². The standard InChI is InChI=1S/C8H6Br2Cl2/c9-7-1-5(3-11)8(10)2-6(7)4-12/h1-2H,3-4H2. The van der Waals surface area contributed by atoms with E-state index in [0.717, 1.165) is 20.1 Å². The van der Waals surface area contributed by atoms with Crippen LogP contribution >= 0.6 is 55.1 Å². The van der Waals surface area contributed by atoms with Gasteiger partial charge >= 0.3 is 0 Å². The lowest BCUT2D eigenvalue weighted by Crippen LogP contribution is -1.86. The molecule has 0 bridgehead atoms. The number of alkyl halides is 2. The van der Waals surface area contributed by atoms with Gasteiger partial charge in [-0.3, -0.25) is 0 Å². The Labute approximate surface area is 98.5 Å². The van der Waals surface area contributed by atoms with Crippen molar-refractivity contribution in [2.24, 2.45) is 0 Å². The van der Waals surface area contributed by atoms with Crippen molar-refractivity contribution in [2.75, 3.05) is 0 Å². The number of halogens is 4. The van der Waals surface area contributed by atoms with E-state index in [1.165, 1.54) is 0 Å². The van der Waals surface area contributed by atoms with E-state index in [1.807, 2.05) is 12.1 Å². The van der Waals surface area contributed by atoms with Crippen molar-refractivity contribution in [3.05, 3.63) is 32.2 Å². The summed E-state index contributed by atoms with van der Waals surface area (Å²) in [6.07, 6.45) is 0. The minimum absolute atomic E-state index is 0.502. The number of rotatable bonds is 2. The molecule has 0 aliphatic rings. The normalized spacial score (nSPS) is 10.3. The van der Waals surface area contributed by atoms with Crippen molar-refractivity contribution in [2.45, 2.75) is 11.8 Å². The Bertz CT molecular complexity index is 257. The second-order valence-electron chi connectivity index (χ2n) is 2.30. The Kier molecular flexibility index (Phi) is 4.38. The van der Waals surface area contributed by atoms with Crippen LogP contribution in [0.1, 0.15) is 11.1 Å². The van der Waals surface area contributed by atoms with Crippen molar-refractivity contribution in [1.82, 2.24) is 0 Å². The molecule has 0 heterocycles. The van der Waals surface area contributed by atoms with Crippen LogP contribution in [-0.2, 0) is 11.8 Å². The van der Waals surface area contributed by atoms with Crippen molar-refractivity contribution < 1.29 is 0 Å². The summed E-state index contributed by atoms with van der Waals surface area (Å²) in [4.78, 5) is 0. The van der Waals surface area contributed by atoms with Gasteiger partial charge in [-0.1, -0.05) is 31.9 Å². The molecule has 0 amide bonds. The molecule has 12 heavy (non-hydrogen) atoms. The molecule has 0 aromatic heterocycles. The Hall–Kier alpha value is 0.760. The maximum absolute atomic E-state index is 5.72. The van der Waals surface area contributed by atoms with E-state index in [-0.39, 0.29) is 0 Å². The third kappa shape index (κ3) is 2.38. The highest BCUT2D eigenvalue weighted by molar-refractivity contribution is 9.11. The zero-order chi connectivity index (χ0) is 9.14. The second-order valence-corrected chi connectivity index (χ2v) is 4.55. The molecule has 0 aliphatic heterocycles. The van der Waals surface area contributed by atoms with Crippen molar-refractivity contribution >= 4 is 55.1 Å². The van der Waals surface area contributed by atoms with Crippen LogP contribution in [0.25, 0.3) is 0 Å². The van der Waals surface area contributed by atoms with Gasteiger partial charge in [-0.25, -0.2) is 0 Å². The lowest BCUT2D eigenvalue weighted by atomic mass is 10.2. The molecule has 0 spiro atoms. The maximum atomic E-state index is 5.72. The maximum Gasteiger partial charge on any atom is 0.0485 e. The Balaban J connectivity index is 3.16. The molecule has 0 aliphatic carbocycles. The molecule has 0 unspecified atom stereocenters. The SMILES string of the molecule is ClCc1cc(Br)c(CCl)cc1Br. The zero-order valence-corrected chi connectivity index (χ0v) is 10.8. The summed E-state index contributed by atoms with van der Waals surface area (Å²) in [6.45, 7) is 0. The van der Waals surface area contributed by atoms with Crippen LogP contribution in [0.4, 0.5) is 0 Å². The molecular weight excluding hydrogens is 327 g/mol. The smallest absolute Gasteiger partial charge is 0.0485 e. The summed E-state index contributed by atoms with van der Waals surface area (Å²) >= 11 is 18.3. The van der Waals surface area contributed by atoms with Gasteiger partial charge in [0, 0.05) is 20.7 Å². The lowest BCUT2D eigenvalue weighted by Gasteiger charge is -2.05. The van der Waals surface area contributed by atoms with Crippen molar-refractivity contribution in [3.8, 4) is 0 Å². The highest BCUT2D eigenvalue weighted by Crippen LogP contribution is 2.28. The van der Waals surface area contributed by atoms with Crippen LogP contribution in [0.3, 0.4) is 0 Å². The first-order chi connectivity index (χ1) is 5.69. The largest absolute Gasteiger partial charge is 0.122 e. The summed E-state index contributed by atoms with van der Waals surface area (Å²) in [5.74, 6) is 1.00. The van der Waals surface area contributed by atoms with E-state index in [9.17, 15) is 0 Å². The molecule has 0 fully saturated rings. The first kappa shape index (κ1) is 10.8. The van der Waals surface area contributed by atoms with Gasteiger partial charge in [-0.05, 0) is 23.3 Å². The summed E-state index contributed by atoms with van der Waals surface area (Å²) in [5, 5.41) is 0. The van der Waals surface area contributed by atoms with Gasteiger partial charge in [-0.2, -0.15) is 0 Å². The Morgan fingerprint density at radius 2 is 1.25 bits per heavy atom. The van der Waals surface area contributed by atoms with Gasteiger partial charge in [0.15, 0.2) is 0 Å². The molecular formula is C8H6Br2Cl2. The molecule has 0 saturated heterocycles. The number of benzene rings is 1. The van der Waals surface area contributed by atoms with Crippen LogP contribution in [0.5, 0.6) is 0 Å². The van der Waals surface area contributed by atoms with Crippen LogP contribution < -0.4 is 0 Å². The average molecular weight is 333 g/mol. The fraction of sp³-hybridized carbons (Fsp3) is 0.250. The number of hydrogen-bond donors (Lipinski definition) is 0. The topological polar surface area (TPSA) is 0 Å². The van der Waals surface area contributed by atoms with Gasteiger partial charge in [0.2, 0.25) is 0 Å². The van der Waals surface area contributed by atoms with E-state index in [2.05, 4.69) is 31.9 Å². The van der Waals surface area contributed by atoms with Crippen LogP contribution in [0.15, 0.2) is 21.1 Å². The molecule has 0 nitrogen and oxygen atoms in total. The summed E-state index contributed by atoms with van der Waals surface area (Å²) in [7, 11) is 0. The number of hydrogen-bond acceptors (Lipinski definition) is 0. The van der Waals surface area contributed by atoms with Crippen molar-refractivity contribution in [3.63, 3.8) is 0 Å². The van der Waals surface area contributed by atoms with E-state index in [1.54, 1.807) is 0 Å². The molecule has 0 atom stereocenters. The molecule has 4 heteroatoms. The predicted molar refractivity (Wildman–Crippen MR) is 61.0 cm³/mol. The Morgan fingerprint density at radius 3 is 1.50 bits per heavy atom. The van der Waals surface area contributed by atoms with Gasteiger partial charge in [0.25, 0.3) is 0 Å². The van der Waals surface area contributed by atoms with Crippen LogP contribution in [0, 0.1) is 0 Å². The molecule has 0 saturated carbocycles. The summed E-state index contributed by atoms with van der Waals surface area (Å²) in [5.41, 5.74) is 2.13. The molecule has 0 radical (unpaired) electrons. The third-order valence-corrected chi connectivity index (χ3v) is 3.56. The molecule has 66 valence electrons. The highest BCUT2D eigenvalue weighted by Gasteiger charge is 2.04. The Morgan fingerprint density at radius 1 is 0.917 bits per heavy atom. The molecule has 0 N–H and O–H groups in total. The zero-order valence-electron chi connectivity index (χ0n) is 6.08.